The van der Waals surface area contributed by atoms with Gasteiger partial charge in [0.05, 0.1) is 0 Å². The molecule has 0 spiro atoms. The first kappa shape index (κ1) is 16.0. The average molecular weight is 142 g/mol. The number of aliphatic carboxylic acids is 2. The molecule has 48 valence electrons. The van der Waals surface area contributed by atoms with Crippen molar-refractivity contribution in [1.29, 1.82) is 0 Å². The summed E-state index contributed by atoms with van der Waals surface area (Å²) in [6.07, 6.45) is 0. The van der Waals surface area contributed by atoms with Gasteiger partial charge in [0.1, 0.15) is 0 Å². The summed E-state index contributed by atoms with van der Waals surface area (Å²) in [6, 6.07) is 0. The molecule has 5 heteroatoms. The van der Waals surface area contributed by atoms with E-state index in [-0.39, 0.29) is 29.6 Å². The molecule has 0 aliphatic heterocycles. The molecule has 0 unspecified atom stereocenters. The summed E-state index contributed by atoms with van der Waals surface area (Å²) in [4.78, 5) is 18.2. The molecule has 0 atom stereocenters. The normalized spacial score (nSPS) is 5.56. The van der Waals surface area contributed by atoms with E-state index < -0.39 is 11.9 Å². The predicted molar refractivity (Wildman–Crippen MR) is 26.3 cm³/mol. The molecule has 0 saturated carbocycles. The zero-order valence-electron chi connectivity index (χ0n) is 5.42. The van der Waals surface area contributed by atoms with Gasteiger partial charge >= 0.3 is 41.5 Å². The van der Waals surface area contributed by atoms with E-state index in [0.29, 0.717) is 0 Å². The minimum absolute atomic E-state index is 0. The Morgan fingerprint density at radius 3 is 1.22 bits per heavy atom. The molecule has 0 aliphatic rings. The van der Waals surface area contributed by atoms with Crippen molar-refractivity contribution in [2.75, 3.05) is 0 Å². The van der Waals surface area contributed by atoms with Crippen LogP contribution in [0.15, 0.2) is 0 Å². The molecule has 0 aromatic carbocycles. The van der Waals surface area contributed by atoms with E-state index in [0.717, 1.165) is 0 Å². The van der Waals surface area contributed by atoms with Crippen LogP contribution in [0.4, 0.5) is 0 Å². The second-order valence-electron chi connectivity index (χ2n) is 0.610. The monoisotopic (exact) mass is 142 g/mol. The molecule has 0 saturated heterocycles. The zero-order valence-corrected chi connectivity index (χ0v) is 7.42. The Kier molecular flexibility index (Phi) is 19.2. The fraction of sp³-hybridized carbons (Fsp3) is 0.250. The van der Waals surface area contributed by atoms with Crippen molar-refractivity contribution >= 4 is 11.9 Å². The van der Waals surface area contributed by atoms with Gasteiger partial charge < -0.3 is 17.1 Å². The third-order valence-electron chi connectivity index (χ3n) is 0.183. The standard InChI is InChI=1S/C2H2O4.C2H5.Na/c3-1(4)2(5)6;1-2;/h(H,3,4)(H,5,6);1H2,2H3;/q;-1;+1. The molecule has 0 rings (SSSR count). The molecule has 0 amide bonds. The van der Waals surface area contributed by atoms with E-state index in [9.17, 15) is 0 Å². The zero-order chi connectivity index (χ0) is 7.15. The summed E-state index contributed by atoms with van der Waals surface area (Å²) in [5.74, 6) is -3.65. The third kappa shape index (κ3) is 18.0. The summed E-state index contributed by atoms with van der Waals surface area (Å²) < 4.78 is 0. The maximum atomic E-state index is 9.10. The van der Waals surface area contributed by atoms with Gasteiger partial charge in [-0.25, -0.2) is 9.59 Å². The third-order valence-corrected chi connectivity index (χ3v) is 0.183. The fourth-order valence-electron chi connectivity index (χ4n) is 0. The van der Waals surface area contributed by atoms with Crippen LogP contribution in [0.25, 0.3) is 0 Å². The Labute approximate surface area is 75.2 Å². The topological polar surface area (TPSA) is 74.6 Å². The molecule has 0 aliphatic carbocycles. The predicted octanol–water partition coefficient (Wildman–Crippen LogP) is -3.00. The van der Waals surface area contributed by atoms with Gasteiger partial charge in [-0.15, -0.1) is 0 Å². The van der Waals surface area contributed by atoms with E-state index >= 15 is 0 Å². The Bertz CT molecular complexity index is 78.6. The molecule has 4 nitrogen and oxygen atoms in total. The van der Waals surface area contributed by atoms with Gasteiger partial charge in [-0.1, -0.05) is 0 Å². The number of carbonyl (C=O) groups is 2. The van der Waals surface area contributed by atoms with Crippen molar-refractivity contribution in [2.45, 2.75) is 6.92 Å². The van der Waals surface area contributed by atoms with Gasteiger partial charge in [0, 0.05) is 0 Å². The Morgan fingerprint density at radius 2 is 1.22 bits per heavy atom. The molecule has 0 aromatic heterocycles. The van der Waals surface area contributed by atoms with Gasteiger partial charge in [-0.3, -0.25) is 0 Å². The van der Waals surface area contributed by atoms with E-state index in [1.807, 2.05) is 0 Å². The van der Waals surface area contributed by atoms with Crippen LogP contribution in [0.5, 0.6) is 0 Å². The second-order valence-corrected chi connectivity index (χ2v) is 0.610. The Balaban J connectivity index is -0.000000109. The summed E-state index contributed by atoms with van der Waals surface area (Å²) in [5, 5.41) is 14.8. The number of rotatable bonds is 0. The van der Waals surface area contributed by atoms with Gasteiger partial charge in [0.15, 0.2) is 0 Å². The Hall–Kier alpha value is -0.0600. The molecule has 0 heterocycles. The van der Waals surface area contributed by atoms with Crippen LogP contribution >= 0.6 is 0 Å². The molecule has 0 aromatic rings. The maximum Gasteiger partial charge on any atom is 1.00 e. The van der Waals surface area contributed by atoms with Crippen LogP contribution in [0.3, 0.4) is 0 Å². The smallest absolute Gasteiger partial charge is 0.473 e. The summed E-state index contributed by atoms with van der Waals surface area (Å²) in [5.41, 5.74) is 0. The van der Waals surface area contributed by atoms with E-state index in [1.54, 1.807) is 6.92 Å². The molecular weight excluding hydrogens is 135 g/mol. The number of hydrogen-bond donors (Lipinski definition) is 2. The quantitative estimate of drug-likeness (QED) is 0.215. The van der Waals surface area contributed by atoms with Crippen LogP contribution in [0.2, 0.25) is 0 Å². The average Bonchev–Trinajstić information content (AvgIpc) is 1.72. The van der Waals surface area contributed by atoms with Crippen LogP contribution in [-0.2, 0) is 9.59 Å². The van der Waals surface area contributed by atoms with Crippen LogP contribution in [0, 0.1) is 6.92 Å². The van der Waals surface area contributed by atoms with Crippen molar-refractivity contribution in [2.24, 2.45) is 0 Å². The molecule has 2 N–H and O–H groups in total. The van der Waals surface area contributed by atoms with Crippen molar-refractivity contribution in [3.05, 3.63) is 6.92 Å². The van der Waals surface area contributed by atoms with E-state index in [2.05, 4.69) is 6.92 Å². The van der Waals surface area contributed by atoms with Gasteiger partial charge in [0.25, 0.3) is 0 Å². The van der Waals surface area contributed by atoms with Crippen LogP contribution < -0.4 is 29.6 Å². The molecule has 9 heavy (non-hydrogen) atoms. The SMILES string of the molecule is O=C(O)C(=O)O.[CH2-]C.[Na+]. The number of carboxylic acid groups (broad SMARTS) is 2. The summed E-state index contributed by atoms with van der Waals surface area (Å²) >= 11 is 0. The van der Waals surface area contributed by atoms with Crippen molar-refractivity contribution in [3.63, 3.8) is 0 Å². The van der Waals surface area contributed by atoms with Gasteiger partial charge in [-0.2, -0.15) is 6.92 Å². The maximum absolute atomic E-state index is 9.10. The first-order valence-electron chi connectivity index (χ1n) is 1.81. The van der Waals surface area contributed by atoms with Crippen molar-refractivity contribution in [1.82, 2.24) is 0 Å². The molecule has 0 radical (unpaired) electrons. The summed E-state index contributed by atoms with van der Waals surface area (Å²) in [6.45, 7) is 5.00. The summed E-state index contributed by atoms with van der Waals surface area (Å²) in [7, 11) is 0. The van der Waals surface area contributed by atoms with Crippen molar-refractivity contribution in [3.8, 4) is 0 Å². The molecule has 0 bridgehead atoms. The van der Waals surface area contributed by atoms with E-state index in [4.69, 9.17) is 19.8 Å². The first-order valence-corrected chi connectivity index (χ1v) is 1.81. The first-order chi connectivity index (χ1) is 3.64. The van der Waals surface area contributed by atoms with Gasteiger partial charge in [0.2, 0.25) is 0 Å². The minimum Gasteiger partial charge on any atom is -0.473 e. The Morgan fingerprint density at radius 1 is 1.11 bits per heavy atom. The molecule has 0 fully saturated rings. The van der Waals surface area contributed by atoms with Crippen LogP contribution in [-0.4, -0.2) is 22.2 Å². The largest absolute Gasteiger partial charge is 1.00 e. The number of carboxylic acids is 2. The minimum atomic E-state index is -1.82. The van der Waals surface area contributed by atoms with E-state index in [1.165, 1.54) is 0 Å². The number of hydrogen-bond acceptors (Lipinski definition) is 2. The second kappa shape index (κ2) is 10.8. The molecular formula is C4H7NaO4. The van der Waals surface area contributed by atoms with Gasteiger partial charge in [-0.05, 0) is 0 Å². The van der Waals surface area contributed by atoms with Crippen LogP contribution in [0.1, 0.15) is 6.92 Å². The fourth-order valence-corrected chi connectivity index (χ4v) is 0. The van der Waals surface area contributed by atoms with Crippen molar-refractivity contribution < 1.29 is 49.4 Å².